The fourth-order valence-corrected chi connectivity index (χ4v) is 4.59. The van der Waals surface area contributed by atoms with Crippen LogP contribution in [-0.4, -0.2) is 40.4 Å². The van der Waals surface area contributed by atoms with Gasteiger partial charge in [-0.25, -0.2) is 0 Å². The van der Waals surface area contributed by atoms with Crippen molar-refractivity contribution in [3.8, 4) is 11.1 Å². The summed E-state index contributed by atoms with van der Waals surface area (Å²) in [5, 5.41) is 3.24. The molecule has 0 bridgehead atoms. The van der Waals surface area contributed by atoms with Crippen LogP contribution < -0.4 is 5.32 Å². The summed E-state index contributed by atoms with van der Waals surface area (Å²) >= 11 is 0. The largest absolute Gasteiger partial charge is 0.355 e. The summed E-state index contributed by atoms with van der Waals surface area (Å²) in [5.41, 5.74) is 4.32. The molecule has 1 aliphatic rings. The van der Waals surface area contributed by atoms with Gasteiger partial charge in [-0.2, -0.15) is 0 Å². The molecule has 0 spiro atoms. The SMILES string of the molecule is CC(C)CNC(=O)[C@]1(Cc2ccccc2-c2ccncc2)CCN(Cc2ccncc2)C1. The highest BCUT2D eigenvalue weighted by Gasteiger charge is 2.44. The second kappa shape index (κ2) is 10.0. The van der Waals surface area contributed by atoms with E-state index in [9.17, 15) is 4.79 Å². The second-order valence-corrected chi connectivity index (χ2v) is 9.27. The molecule has 3 aromatic rings. The molecular weight excluding hydrogens is 396 g/mol. The van der Waals surface area contributed by atoms with Crippen LogP contribution in [-0.2, 0) is 17.8 Å². The van der Waals surface area contributed by atoms with E-state index in [1.54, 1.807) is 0 Å². The zero-order valence-corrected chi connectivity index (χ0v) is 19.0. The van der Waals surface area contributed by atoms with Crippen molar-refractivity contribution in [1.29, 1.82) is 0 Å². The maximum Gasteiger partial charge on any atom is 0.227 e. The number of carbonyl (C=O) groups is 1. The summed E-state index contributed by atoms with van der Waals surface area (Å²) in [6, 6.07) is 16.6. The molecule has 1 aromatic carbocycles. The van der Waals surface area contributed by atoms with Crippen molar-refractivity contribution in [2.45, 2.75) is 33.2 Å². The number of nitrogens with zero attached hydrogens (tertiary/aromatic N) is 3. The molecule has 1 fully saturated rings. The van der Waals surface area contributed by atoms with Crippen molar-refractivity contribution in [2.24, 2.45) is 11.3 Å². The minimum absolute atomic E-state index is 0.174. The summed E-state index contributed by atoms with van der Waals surface area (Å²) in [6.07, 6.45) is 8.89. The van der Waals surface area contributed by atoms with E-state index in [4.69, 9.17) is 0 Å². The van der Waals surface area contributed by atoms with E-state index in [1.165, 1.54) is 16.7 Å². The zero-order valence-electron chi connectivity index (χ0n) is 19.0. The molecule has 1 saturated heterocycles. The molecule has 1 amide bonds. The van der Waals surface area contributed by atoms with Crippen molar-refractivity contribution < 1.29 is 4.79 Å². The molecule has 0 saturated carbocycles. The highest BCUT2D eigenvalue weighted by atomic mass is 16.2. The van der Waals surface area contributed by atoms with E-state index in [0.29, 0.717) is 12.5 Å². The number of aromatic nitrogens is 2. The molecule has 5 heteroatoms. The zero-order chi connectivity index (χ0) is 22.4. The van der Waals surface area contributed by atoms with Crippen LogP contribution in [0.5, 0.6) is 0 Å². The molecule has 0 aliphatic carbocycles. The number of benzene rings is 1. The quantitative estimate of drug-likeness (QED) is 0.579. The van der Waals surface area contributed by atoms with Crippen LogP contribution in [0, 0.1) is 11.3 Å². The smallest absolute Gasteiger partial charge is 0.227 e. The number of nitrogens with one attached hydrogen (secondary N) is 1. The number of likely N-dealkylation sites (tertiary alicyclic amines) is 1. The van der Waals surface area contributed by atoms with E-state index in [-0.39, 0.29) is 5.91 Å². The number of carbonyl (C=O) groups excluding carboxylic acids is 1. The lowest BCUT2D eigenvalue weighted by Crippen LogP contribution is -2.45. The molecule has 0 radical (unpaired) electrons. The van der Waals surface area contributed by atoms with Crippen LogP contribution in [0.1, 0.15) is 31.4 Å². The monoisotopic (exact) mass is 428 g/mol. The first-order valence-electron chi connectivity index (χ1n) is 11.4. The third-order valence-corrected chi connectivity index (χ3v) is 6.28. The molecule has 1 atom stereocenters. The normalized spacial score (nSPS) is 18.7. The molecule has 5 nitrogen and oxygen atoms in total. The number of rotatable bonds is 8. The molecule has 1 N–H and O–H groups in total. The Morgan fingerprint density at radius 3 is 2.44 bits per heavy atom. The van der Waals surface area contributed by atoms with E-state index < -0.39 is 5.41 Å². The maximum atomic E-state index is 13.6. The summed E-state index contributed by atoms with van der Waals surface area (Å²) in [5.74, 6) is 0.599. The molecule has 4 rings (SSSR count). The lowest BCUT2D eigenvalue weighted by molar-refractivity contribution is -0.130. The fourth-order valence-electron chi connectivity index (χ4n) is 4.59. The third-order valence-electron chi connectivity index (χ3n) is 6.28. The van der Waals surface area contributed by atoms with Gasteiger partial charge in [-0.05, 0) is 71.8 Å². The number of hydrogen-bond acceptors (Lipinski definition) is 4. The minimum atomic E-state index is -0.439. The highest BCUT2D eigenvalue weighted by molar-refractivity contribution is 5.84. The van der Waals surface area contributed by atoms with Crippen molar-refractivity contribution in [1.82, 2.24) is 20.2 Å². The molecule has 32 heavy (non-hydrogen) atoms. The molecule has 1 aliphatic heterocycles. The summed E-state index contributed by atoms with van der Waals surface area (Å²) in [4.78, 5) is 24.3. The molecule has 166 valence electrons. The first-order chi connectivity index (χ1) is 15.6. The molecule has 0 unspecified atom stereocenters. The third kappa shape index (κ3) is 5.22. The molecule has 2 aromatic heterocycles. The Kier molecular flexibility index (Phi) is 6.96. The molecule has 3 heterocycles. The summed E-state index contributed by atoms with van der Waals surface area (Å²) in [7, 11) is 0. The van der Waals surface area contributed by atoms with Crippen LogP contribution in [0.25, 0.3) is 11.1 Å². The minimum Gasteiger partial charge on any atom is -0.355 e. The Labute approximate surface area is 190 Å². The van der Waals surface area contributed by atoms with Crippen LogP contribution in [0.2, 0.25) is 0 Å². The van der Waals surface area contributed by atoms with Gasteiger partial charge in [0.25, 0.3) is 0 Å². The van der Waals surface area contributed by atoms with Crippen LogP contribution in [0.3, 0.4) is 0 Å². The van der Waals surface area contributed by atoms with E-state index in [2.05, 4.69) is 70.4 Å². The van der Waals surface area contributed by atoms with Crippen molar-refractivity contribution >= 4 is 5.91 Å². The Balaban J connectivity index is 1.61. The second-order valence-electron chi connectivity index (χ2n) is 9.27. The van der Waals surface area contributed by atoms with Gasteiger partial charge in [0.2, 0.25) is 5.91 Å². The maximum absolute atomic E-state index is 13.6. The van der Waals surface area contributed by atoms with Crippen molar-refractivity contribution in [3.05, 3.63) is 84.4 Å². The van der Waals surface area contributed by atoms with Gasteiger partial charge in [0.1, 0.15) is 0 Å². The Morgan fingerprint density at radius 2 is 1.72 bits per heavy atom. The van der Waals surface area contributed by atoms with Crippen LogP contribution in [0.15, 0.2) is 73.3 Å². The Hall–Kier alpha value is -3.05. The summed E-state index contributed by atoms with van der Waals surface area (Å²) < 4.78 is 0. The predicted octanol–water partition coefficient (Wildman–Crippen LogP) is 4.35. The average molecular weight is 429 g/mol. The van der Waals surface area contributed by atoms with Crippen molar-refractivity contribution in [2.75, 3.05) is 19.6 Å². The summed E-state index contributed by atoms with van der Waals surface area (Å²) in [6.45, 7) is 7.48. The van der Waals surface area contributed by atoms with Crippen LogP contribution in [0.4, 0.5) is 0 Å². The highest BCUT2D eigenvalue weighted by Crippen LogP contribution is 2.38. The first kappa shape index (κ1) is 22.2. The van der Waals surface area contributed by atoms with E-state index in [0.717, 1.165) is 38.0 Å². The Morgan fingerprint density at radius 1 is 1.03 bits per heavy atom. The fraction of sp³-hybridized carbons (Fsp3) is 0.370. The van der Waals surface area contributed by atoms with Crippen LogP contribution >= 0.6 is 0 Å². The number of pyridine rings is 2. The van der Waals surface area contributed by atoms with Gasteiger partial charge in [0.15, 0.2) is 0 Å². The average Bonchev–Trinajstić information content (AvgIpc) is 3.22. The van der Waals surface area contributed by atoms with Gasteiger partial charge in [-0.15, -0.1) is 0 Å². The Bertz CT molecular complexity index is 1020. The van der Waals surface area contributed by atoms with E-state index >= 15 is 0 Å². The van der Waals surface area contributed by atoms with Gasteiger partial charge < -0.3 is 5.32 Å². The lowest BCUT2D eigenvalue weighted by atomic mass is 9.78. The van der Waals surface area contributed by atoms with Gasteiger partial charge in [0.05, 0.1) is 5.41 Å². The predicted molar refractivity (Wildman–Crippen MR) is 128 cm³/mol. The molecular formula is C27H32N4O. The number of amides is 1. The van der Waals surface area contributed by atoms with E-state index in [1.807, 2.05) is 36.9 Å². The van der Waals surface area contributed by atoms with Crippen molar-refractivity contribution in [3.63, 3.8) is 0 Å². The standard InChI is InChI=1S/C27H32N4O/c1-21(2)18-30-26(32)27(11-16-31(20-27)19-22-7-12-28-13-8-22)17-24-5-3-4-6-25(24)23-9-14-29-15-10-23/h3-10,12-15,21H,11,16-20H2,1-2H3,(H,30,32)/t27-/m0/s1. The number of hydrogen-bond donors (Lipinski definition) is 1. The van der Waals surface area contributed by atoms with Gasteiger partial charge in [-0.1, -0.05) is 38.1 Å². The lowest BCUT2D eigenvalue weighted by Gasteiger charge is -2.30. The van der Waals surface area contributed by atoms with Gasteiger partial charge >= 0.3 is 0 Å². The first-order valence-corrected chi connectivity index (χ1v) is 11.4. The van der Waals surface area contributed by atoms with Gasteiger partial charge in [0, 0.05) is 44.4 Å². The van der Waals surface area contributed by atoms with Gasteiger partial charge in [-0.3, -0.25) is 19.7 Å². The topological polar surface area (TPSA) is 58.1 Å².